The Morgan fingerprint density at radius 1 is 1.20 bits per heavy atom. The summed E-state index contributed by atoms with van der Waals surface area (Å²) in [5.41, 5.74) is 0.495. The van der Waals surface area contributed by atoms with E-state index >= 15 is 0 Å². The SMILES string of the molecule is Cc1c(C(F)(F)F)cc2n1CCN(C)C21CCNCC1. The fraction of sp³-hybridized carbons (Fsp3) is 0.714. The highest BCUT2D eigenvalue weighted by atomic mass is 19.4. The fourth-order valence-corrected chi connectivity index (χ4v) is 3.74. The van der Waals surface area contributed by atoms with E-state index in [0.29, 0.717) is 12.2 Å². The molecule has 0 amide bonds. The molecule has 1 aromatic heterocycles. The zero-order chi connectivity index (χ0) is 14.5. The normalized spacial score (nSPS) is 23.1. The van der Waals surface area contributed by atoms with Crippen LogP contribution in [0.2, 0.25) is 0 Å². The minimum atomic E-state index is -4.26. The van der Waals surface area contributed by atoms with E-state index in [1.54, 1.807) is 6.92 Å². The summed E-state index contributed by atoms with van der Waals surface area (Å²) in [5.74, 6) is 0. The zero-order valence-corrected chi connectivity index (χ0v) is 11.8. The van der Waals surface area contributed by atoms with Crippen LogP contribution >= 0.6 is 0 Å². The van der Waals surface area contributed by atoms with Crippen LogP contribution < -0.4 is 5.32 Å². The molecule has 1 saturated heterocycles. The van der Waals surface area contributed by atoms with Gasteiger partial charge in [-0.25, -0.2) is 0 Å². The number of likely N-dealkylation sites (N-methyl/N-ethyl adjacent to an activating group) is 1. The molecule has 112 valence electrons. The molecule has 0 aliphatic carbocycles. The summed E-state index contributed by atoms with van der Waals surface area (Å²) in [7, 11) is 2.03. The molecule has 3 nitrogen and oxygen atoms in total. The maximum absolute atomic E-state index is 13.1. The fourth-order valence-electron chi connectivity index (χ4n) is 3.74. The number of nitrogens with one attached hydrogen (secondary N) is 1. The van der Waals surface area contributed by atoms with Crippen molar-refractivity contribution in [2.45, 2.75) is 38.0 Å². The van der Waals surface area contributed by atoms with Crippen molar-refractivity contribution in [1.82, 2.24) is 14.8 Å². The van der Waals surface area contributed by atoms with Crippen molar-refractivity contribution in [3.8, 4) is 0 Å². The Bertz CT molecular complexity index is 512. The minimum absolute atomic E-state index is 0.238. The average molecular weight is 287 g/mol. The van der Waals surface area contributed by atoms with Crippen molar-refractivity contribution in [1.29, 1.82) is 0 Å². The second kappa shape index (κ2) is 4.49. The molecule has 0 saturated carbocycles. The second-order valence-corrected chi connectivity index (χ2v) is 5.88. The molecule has 2 aliphatic heterocycles. The predicted molar refractivity (Wildman–Crippen MR) is 70.6 cm³/mol. The molecule has 0 aromatic carbocycles. The lowest BCUT2D eigenvalue weighted by Gasteiger charge is -2.48. The summed E-state index contributed by atoms with van der Waals surface area (Å²) >= 11 is 0. The van der Waals surface area contributed by atoms with Crippen LogP contribution in [0.4, 0.5) is 13.2 Å². The first-order valence-electron chi connectivity index (χ1n) is 7.06. The van der Waals surface area contributed by atoms with Gasteiger partial charge in [0.05, 0.1) is 11.1 Å². The van der Waals surface area contributed by atoms with Gasteiger partial charge in [0.2, 0.25) is 0 Å². The van der Waals surface area contributed by atoms with Gasteiger partial charge in [-0.15, -0.1) is 0 Å². The van der Waals surface area contributed by atoms with Crippen LogP contribution in [0.25, 0.3) is 0 Å². The molecular weight excluding hydrogens is 267 g/mol. The van der Waals surface area contributed by atoms with Crippen LogP contribution in [0, 0.1) is 6.92 Å². The lowest BCUT2D eigenvalue weighted by Crippen LogP contribution is -2.55. The van der Waals surface area contributed by atoms with Crippen molar-refractivity contribution in [2.75, 3.05) is 26.7 Å². The van der Waals surface area contributed by atoms with E-state index in [2.05, 4.69) is 10.2 Å². The maximum Gasteiger partial charge on any atom is 0.418 e. The standard InChI is InChI=1S/C14H20F3N3/c1-10-11(14(15,16)17)9-12-13(3-5-18-6-4-13)19(2)7-8-20(10)12/h9,18H,3-8H2,1-2H3. The molecule has 1 aromatic rings. The molecule has 3 rings (SSSR count). The Kier molecular flexibility index (Phi) is 3.14. The summed E-state index contributed by atoms with van der Waals surface area (Å²) in [6.07, 6.45) is -2.53. The second-order valence-electron chi connectivity index (χ2n) is 5.88. The number of nitrogens with zero attached hydrogens (tertiary/aromatic N) is 2. The summed E-state index contributed by atoms with van der Waals surface area (Å²) in [5, 5.41) is 3.30. The van der Waals surface area contributed by atoms with Gasteiger partial charge in [0.1, 0.15) is 0 Å². The van der Waals surface area contributed by atoms with Crippen LogP contribution in [0.15, 0.2) is 6.07 Å². The molecular formula is C14H20F3N3. The third kappa shape index (κ3) is 1.89. The molecule has 0 radical (unpaired) electrons. The Labute approximate surface area is 116 Å². The van der Waals surface area contributed by atoms with Gasteiger partial charge < -0.3 is 9.88 Å². The van der Waals surface area contributed by atoms with E-state index in [1.165, 1.54) is 6.07 Å². The van der Waals surface area contributed by atoms with Crippen molar-refractivity contribution in [3.63, 3.8) is 0 Å². The van der Waals surface area contributed by atoms with E-state index < -0.39 is 11.7 Å². The first kappa shape index (κ1) is 13.9. The van der Waals surface area contributed by atoms with E-state index in [4.69, 9.17) is 0 Å². The predicted octanol–water partition coefficient (Wildman–Crippen LogP) is 2.34. The number of halogens is 3. The smallest absolute Gasteiger partial charge is 0.345 e. The van der Waals surface area contributed by atoms with Crippen molar-refractivity contribution in [2.24, 2.45) is 0 Å². The van der Waals surface area contributed by atoms with Gasteiger partial charge in [0.25, 0.3) is 0 Å². The Morgan fingerprint density at radius 3 is 2.45 bits per heavy atom. The van der Waals surface area contributed by atoms with Crippen molar-refractivity contribution in [3.05, 3.63) is 23.0 Å². The van der Waals surface area contributed by atoms with E-state index in [-0.39, 0.29) is 5.54 Å². The average Bonchev–Trinajstić information content (AvgIpc) is 2.74. The van der Waals surface area contributed by atoms with E-state index in [1.807, 2.05) is 11.6 Å². The lowest BCUT2D eigenvalue weighted by molar-refractivity contribution is -0.138. The lowest BCUT2D eigenvalue weighted by atomic mass is 9.82. The monoisotopic (exact) mass is 287 g/mol. The van der Waals surface area contributed by atoms with Gasteiger partial charge in [0, 0.05) is 24.5 Å². The molecule has 2 aliphatic rings. The van der Waals surface area contributed by atoms with Crippen molar-refractivity contribution < 1.29 is 13.2 Å². The molecule has 1 fully saturated rings. The third-order valence-corrected chi connectivity index (χ3v) is 4.97. The number of aromatic nitrogens is 1. The molecule has 0 unspecified atom stereocenters. The summed E-state index contributed by atoms with van der Waals surface area (Å²) < 4.78 is 41.3. The van der Waals surface area contributed by atoms with Crippen LogP contribution in [0.3, 0.4) is 0 Å². The number of alkyl halides is 3. The Hall–Kier alpha value is -1.01. The zero-order valence-electron chi connectivity index (χ0n) is 11.8. The van der Waals surface area contributed by atoms with Crippen LogP contribution in [-0.4, -0.2) is 36.1 Å². The summed E-state index contributed by atoms with van der Waals surface area (Å²) in [6, 6.07) is 1.39. The molecule has 20 heavy (non-hydrogen) atoms. The highest BCUT2D eigenvalue weighted by Gasteiger charge is 2.45. The number of piperidine rings is 1. The first-order valence-corrected chi connectivity index (χ1v) is 7.06. The minimum Gasteiger partial charge on any atom is -0.345 e. The van der Waals surface area contributed by atoms with E-state index in [0.717, 1.165) is 38.2 Å². The molecule has 3 heterocycles. The summed E-state index contributed by atoms with van der Waals surface area (Å²) in [6.45, 7) is 4.75. The first-order chi connectivity index (χ1) is 9.36. The molecule has 0 bridgehead atoms. The van der Waals surface area contributed by atoms with Gasteiger partial charge in [-0.1, -0.05) is 0 Å². The molecule has 0 atom stereocenters. The van der Waals surface area contributed by atoms with Gasteiger partial charge in [0.15, 0.2) is 0 Å². The Morgan fingerprint density at radius 2 is 1.85 bits per heavy atom. The maximum atomic E-state index is 13.1. The number of hydrogen-bond acceptors (Lipinski definition) is 2. The number of rotatable bonds is 0. The molecule has 6 heteroatoms. The summed E-state index contributed by atoms with van der Waals surface area (Å²) in [4.78, 5) is 2.24. The quantitative estimate of drug-likeness (QED) is 0.790. The van der Waals surface area contributed by atoms with Crippen molar-refractivity contribution >= 4 is 0 Å². The van der Waals surface area contributed by atoms with Crippen LogP contribution in [0.1, 0.15) is 29.8 Å². The molecule has 1 spiro atoms. The van der Waals surface area contributed by atoms with Gasteiger partial charge in [-0.05, 0) is 46.0 Å². The number of hydrogen-bond donors (Lipinski definition) is 1. The van der Waals surface area contributed by atoms with Gasteiger partial charge >= 0.3 is 6.18 Å². The number of fused-ring (bicyclic) bond motifs is 2. The van der Waals surface area contributed by atoms with Crippen LogP contribution in [-0.2, 0) is 18.3 Å². The van der Waals surface area contributed by atoms with E-state index in [9.17, 15) is 13.2 Å². The largest absolute Gasteiger partial charge is 0.418 e. The topological polar surface area (TPSA) is 20.2 Å². The third-order valence-electron chi connectivity index (χ3n) is 4.97. The van der Waals surface area contributed by atoms with Crippen LogP contribution in [0.5, 0.6) is 0 Å². The molecule has 1 N–H and O–H groups in total. The van der Waals surface area contributed by atoms with Gasteiger partial charge in [-0.2, -0.15) is 13.2 Å². The highest BCUT2D eigenvalue weighted by molar-refractivity contribution is 5.35. The Balaban J connectivity index is 2.14. The van der Waals surface area contributed by atoms with Gasteiger partial charge in [-0.3, -0.25) is 4.90 Å². The highest BCUT2D eigenvalue weighted by Crippen LogP contribution is 2.43.